The average Bonchev–Trinajstić information content (AvgIpc) is 3.02. The van der Waals surface area contributed by atoms with Crippen LogP contribution in [0.5, 0.6) is 0 Å². The van der Waals surface area contributed by atoms with Crippen LogP contribution in [-0.4, -0.2) is 45.1 Å². The van der Waals surface area contributed by atoms with Crippen molar-refractivity contribution in [2.24, 2.45) is 5.92 Å². The first-order valence-corrected chi connectivity index (χ1v) is 9.14. The maximum atomic E-state index is 13.2. The molecule has 0 spiro atoms. The molecule has 3 heterocycles. The molecule has 26 heavy (non-hydrogen) atoms. The first kappa shape index (κ1) is 18.4. The van der Waals surface area contributed by atoms with Gasteiger partial charge in [-0.25, -0.2) is 4.98 Å². The monoisotopic (exact) mass is 359 g/mol. The largest absolute Gasteiger partial charge is 0.481 e. The fourth-order valence-electron chi connectivity index (χ4n) is 3.64. The van der Waals surface area contributed by atoms with Gasteiger partial charge in [-0.2, -0.15) is 0 Å². The van der Waals surface area contributed by atoms with Gasteiger partial charge < -0.3 is 14.5 Å². The molecule has 0 bridgehead atoms. The van der Waals surface area contributed by atoms with Gasteiger partial charge in [-0.15, -0.1) is 0 Å². The molecule has 7 nitrogen and oxygen atoms in total. The third kappa shape index (κ3) is 3.71. The summed E-state index contributed by atoms with van der Waals surface area (Å²) in [6.45, 7) is 7.13. The number of carboxylic acid groups (broad SMARTS) is 1. The Labute approximate surface area is 152 Å². The Kier molecular flexibility index (Phi) is 5.25. The molecule has 1 atom stereocenters. The molecule has 1 amide bonds. The van der Waals surface area contributed by atoms with Crippen molar-refractivity contribution in [3.8, 4) is 0 Å². The van der Waals surface area contributed by atoms with Crippen molar-refractivity contribution in [1.82, 2.24) is 15.0 Å². The fraction of sp³-hybridized carbons (Fsp3) is 0.579. The molecule has 140 valence electrons. The molecule has 1 saturated heterocycles. The summed E-state index contributed by atoms with van der Waals surface area (Å²) >= 11 is 0. The third-order valence-electron chi connectivity index (χ3n) is 4.95. The van der Waals surface area contributed by atoms with Gasteiger partial charge in [0.2, 0.25) is 0 Å². The zero-order chi connectivity index (χ0) is 18.8. The predicted molar refractivity (Wildman–Crippen MR) is 96.1 cm³/mol. The van der Waals surface area contributed by atoms with Crippen LogP contribution in [-0.2, 0) is 4.79 Å². The summed E-state index contributed by atoms with van der Waals surface area (Å²) < 4.78 is 5.36. The van der Waals surface area contributed by atoms with Crippen LogP contribution in [0.1, 0.15) is 67.2 Å². The van der Waals surface area contributed by atoms with E-state index < -0.39 is 5.97 Å². The van der Waals surface area contributed by atoms with Gasteiger partial charge in [0.05, 0.1) is 16.6 Å². The molecule has 0 aliphatic carbocycles. The SMILES string of the molecule is Cc1cc(C(=O)N2CCCC(CCC(=O)O)C2)c2c(C(C)C)noc2n1. The van der Waals surface area contributed by atoms with Crippen molar-refractivity contribution in [2.45, 2.75) is 52.4 Å². The maximum absolute atomic E-state index is 13.2. The van der Waals surface area contributed by atoms with E-state index in [9.17, 15) is 9.59 Å². The molecule has 1 unspecified atom stereocenters. The van der Waals surface area contributed by atoms with Crippen LogP contribution < -0.4 is 0 Å². The Morgan fingerprint density at radius 2 is 2.19 bits per heavy atom. The number of carboxylic acids is 1. The second kappa shape index (κ2) is 7.43. The number of rotatable bonds is 5. The maximum Gasteiger partial charge on any atom is 0.303 e. The van der Waals surface area contributed by atoms with E-state index in [4.69, 9.17) is 9.63 Å². The minimum absolute atomic E-state index is 0.0503. The number of carbonyl (C=O) groups excluding carboxylic acids is 1. The lowest BCUT2D eigenvalue weighted by Crippen LogP contribution is -2.40. The van der Waals surface area contributed by atoms with Gasteiger partial charge in [0, 0.05) is 25.2 Å². The Morgan fingerprint density at radius 1 is 1.42 bits per heavy atom. The fourth-order valence-corrected chi connectivity index (χ4v) is 3.64. The van der Waals surface area contributed by atoms with Crippen LogP contribution in [0.25, 0.3) is 11.1 Å². The summed E-state index contributed by atoms with van der Waals surface area (Å²) in [5.41, 5.74) is 2.44. The van der Waals surface area contributed by atoms with E-state index in [-0.39, 0.29) is 24.2 Å². The van der Waals surface area contributed by atoms with Crippen molar-refractivity contribution in [1.29, 1.82) is 0 Å². The molecule has 1 aliphatic heterocycles. The van der Waals surface area contributed by atoms with Gasteiger partial charge in [-0.3, -0.25) is 9.59 Å². The second-order valence-corrected chi connectivity index (χ2v) is 7.41. The van der Waals surface area contributed by atoms with Gasteiger partial charge in [0.15, 0.2) is 0 Å². The number of pyridine rings is 1. The Balaban J connectivity index is 1.89. The number of aromatic nitrogens is 2. The van der Waals surface area contributed by atoms with Crippen LogP contribution in [0.3, 0.4) is 0 Å². The molecular weight excluding hydrogens is 334 g/mol. The minimum atomic E-state index is -0.786. The van der Waals surface area contributed by atoms with E-state index in [2.05, 4.69) is 10.1 Å². The Hall–Kier alpha value is -2.44. The first-order valence-electron chi connectivity index (χ1n) is 9.14. The molecule has 1 N–H and O–H groups in total. The third-order valence-corrected chi connectivity index (χ3v) is 4.95. The highest BCUT2D eigenvalue weighted by Crippen LogP contribution is 2.30. The van der Waals surface area contributed by atoms with Gasteiger partial charge in [-0.05, 0) is 44.1 Å². The van der Waals surface area contributed by atoms with Crippen LogP contribution in [0.4, 0.5) is 0 Å². The minimum Gasteiger partial charge on any atom is -0.481 e. The number of likely N-dealkylation sites (tertiary alicyclic amines) is 1. The summed E-state index contributed by atoms with van der Waals surface area (Å²) in [4.78, 5) is 30.3. The molecule has 0 saturated carbocycles. The summed E-state index contributed by atoms with van der Waals surface area (Å²) in [7, 11) is 0. The van der Waals surface area contributed by atoms with Crippen LogP contribution in [0.15, 0.2) is 10.6 Å². The van der Waals surface area contributed by atoms with Crippen molar-refractivity contribution < 1.29 is 19.2 Å². The molecule has 0 aromatic carbocycles. The van der Waals surface area contributed by atoms with Crippen molar-refractivity contribution in [3.63, 3.8) is 0 Å². The lowest BCUT2D eigenvalue weighted by molar-refractivity contribution is -0.137. The number of aliphatic carboxylic acids is 1. The summed E-state index contributed by atoms with van der Waals surface area (Å²) in [6, 6.07) is 1.80. The molecule has 1 aliphatic rings. The predicted octanol–water partition coefficient (Wildman–Crippen LogP) is 3.37. The van der Waals surface area contributed by atoms with Crippen LogP contribution in [0.2, 0.25) is 0 Å². The molecular formula is C19H25N3O4. The number of aryl methyl sites for hydroxylation is 1. The molecule has 2 aromatic heterocycles. The molecule has 0 radical (unpaired) electrons. The summed E-state index contributed by atoms with van der Waals surface area (Å²) in [5.74, 6) is -0.483. The highest BCUT2D eigenvalue weighted by molar-refractivity contribution is 6.06. The van der Waals surface area contributed by atoms with E-state index in [1.807, 2.05) is 25.7 Å². The second-order valence-electron chi connectivity index (χ2n) is 7.41. The number of nitrogens with zero attached hydrogens (tertiary/aromatic N) is 3. The van der Waals surface area contributed by atoms with Gasteiger partial charge in [0.1, 0.15) is 0 Å². The highest BCUT2D eigenvalue weighted by atomic mass is 16.5. The number of fused-ring (bicyclic) bond motifs is 1. The van der Waals surface area contributed by atoms with E-state index in [0.717, 1.165) is 18.5 Å². The normalized spacial score (nSPS) is 17.8. The average molecular weight is 359 g/mol. The number of hydrogen-bond donors (Lipinski definition) is 1. The highest BCUT2D eigenvalue weighted by Gasteiger charge is 2.28. The zero-order valence-electron chi connectivity index (χ0n) is 15.5. The lowest BCUT2D eigenvalue weighted by atomic mass is 9.92. The van der Waals surface area contributed by atoms with Crippen molar-refractivity contribution >= 4 is 23.0 Å². The molecule has 1 fully saturated rings. The topological polar surface area (TPSA) is 96.5 Å². The van der Waals surface area contributed by atoms with E-state index in [1.165, 1.54) is 0 Å². The number of piperidine rings is 1. The van der Waals surface area contributed by atoms with E-state index in [0.29, 0.717) is 41.9 Å². The quantitative estimate of drug-likeness (QED) is 0.879. The summed E-state index contributed by atoms with van der Waals surface area (Å²) in [5, 5.41) is 13.7. The van der Waals surface area contributed by atoms with Gasteiger partial charge in [-0.1, -0.05) is 19.0 Å². The lowest BCUT2D eigenvalue weighted by Gasteiger charge is -2.33. The first-order chi connectivity index (χ1) is 12.4. The molecule has 3 rings (SSSR count). The Bertz CT molecular complexity index is 828. The van der Waals surface area contributed by atoms with Gasteiger partial charge in [0.25, 0.3) is 11.6 Å². The van der Waals surface area contributed by atoms with E-state index in [1.54, 1.807) is 6.07 Å². The van der Waals surface area contributed by atoms with Crippen LogP contribution in [0, 0.1) is 12.8 Å². The van der Waals surface area contributed by atoms with Crippen LogP contribution >= 0.6 is 0 Å². The molecule has 7 heteroatoms. The number of hydrogen-bond acceptors (Lipinski definition) is 5. The standard InChI is InChI=1S/C19H25N3O4/c1-11(2)17-16-14(9-12(3)20-18(16)26-21-17)19(25)22-8-4-5-13(10-22)6-7-15(23)24/h9,11,13H,4-8,10H2,1-3H3,(H,23,24). The molecule has 2 aromatic rings. The zero-order valence-corrected chi connectivity index (χ0v) is 15.5. The smallest absolute Gasteiger partial charge is 0.303 e. The number of carbonyl (C=O) groups is 2. The van der Waals surface area contributed by atoms with Crippen molar-refractivity contribution in [2.75, 3.05) is 13.1 Å². The van der Waals surface area contributed by atoms with Gasteiger partial charge >= 0.3 is 5.97 Å². The summed E-state index contributed by atoms with van der Waals surface area (Å²) in [6.07, 6.45) is 2.61. The van der Waals surface area contributed by atoms with Crippen molar-refractivity contribution in [3.05, 3.63) is 23.0 Å². The van der Waals surface area contributed by atoms with E-state index >= 15 is 0 Å². The Morgan fingerprint density at radius 3 is 2.88 bits per heavy atom. The number of amides is 1.